The molecule has 0 N–H and O–H groups in total. The van der Waals surface area contributed by atoms with Gasteiger partial charge in [0, 0.05) is 17.1 Å². The highest BCUT2D eigenvalue weighted by Gasteiger charge is 2.07. The van der Waals surface area contributed by atoms with Gasteiger partial charge in [0.25, 0.3) is 0 Å². The summed E-state index contributed by atoms with van der Waals surface area (Å²) in [5.74, 6) is 2.04. The summed E-state index contributed by atoms with van der Waals surface area (Å²) < 4.78 is 5.91. The van der Waals surface area contributed by atoms with Crippen LogP contribution in [-0.4, -0.2) is 21.8 Å². The van der Waals surface area contributed by atoms with Gasteiger partial charge in [-0.1, -0.05) is 28.7 Å². The second kappa shape index (κ2) is 4.00. The van der Waals surface area contributed by atoms with Crippen LogP contribution >= 0.6 is 23.5 Å². The van der Waals surface area contributed by atoms with Gasteiger partial charge in [-0.05, 0) is 0 Å². The van der Waals surface area contributed by atoms with E-state index in [1.165, 1.54) is 4.38 Å². The van der Waals surface area contributed by atoms with Gasteiger partial charge in [-0.25, -0.2) is 0 Å². The Morgan fingerprint density at radius 3 is 3.33 bits per heavy atom. The number of rotatable bonds is 2. The monoisotopic (exact) mass is 200 g/mol. The van der Waals surface area contributed by atoms with Crippen LogP contribution in [-0.2, 0) is 5.75 Å². The van der Waals surface area contributed by atoms with Crippen molar-refractivity contribution in [3.63, 3.8) is 0 Å². The van der Waals surface area contributed by atoms with E-state index in [2.05, 4.69) is 10.1 Å². The van der Waals surface area contributed by atoms with Crippen molar-refractivity contribution in [3.8, 4) is 0 Å². The van der Waals surface area contributed by atoms with E-state index in [-0.39, 0.29) is 0 Å². The molecule has 1 aromatic rings. The Kier molecular flexibility index (Phi) is 2.73. The summed E-state index contributed by atoms with van der Waals surface area (Å²) in [6.07, 6.45) is 3.42. The zero-order valence-corrected chi connectivity index (χ0v) is 8.03. The molecule has 1 aliphatic rings. The highest BCUT2D eigenvalue weighted by atomic mass is 32.2. The quantitative estimate of drug-likeness (QED) is 0.732. The van der Waals surface area contributed by atoms with E-state index in [0.29, 0.717) is 0 Å². The van der Waals surface area contributed by atoms with Crippen LogP contribution in [0.15, 0.2) is 22.0 Å². The fourth-order valence-electron chi connectivity index (χ4n) is 0.846. The van der Waals surface area contributed by atoms with Crippen LogP contribution in [0.2, 0.25) is 0 Å². The zero-order chi connectivity index (χ0) is 8.23. The molecule has 0 saturated heterocycles. The van der Waals surface area contributed by atoms with Gasteiger partial charge in [0.1, 0.15) is 10.6 Å². The summed E-state index contributed by atoms with van der Waals surface area (Å²) in [4.78, 5) is 4.33. The molecule has 64 valence electrons. The first kappa shape index (κ1) is 8.19. The Morgan fingerprint density at radius 1 is 1.67 bits per heavy atom. The maximum Gasteiger partial charge on any atom is 0.127 e. The summed E-state index contributed by atoms with van der Waals surface area (Å²) in [5, 5.41) is 3.63. The minimum atomic E-state index is 0.912. The number of aliphatic imine (C=N–C) groups is 1. The Bertz CT molecular complexity index is 271. The largest absolute Gasteiger partial charge is 0.364 e. The van der Waals surface area contributed by atoms with E-state index in [1.54, 1.807) is 24.2 Å². The molecular weight excluding hydrogens is 192 g/mol. The van der Waals surface area contributed by atoms with Crippen LogP contribution in [0.25, 0.3) is 0 Å². The first-order chi connectivity index (χ1) is 5.95. The molecule has 0 radical (unpaired) electrons. The molecule has 0 aliphatic carbocycles. The first-order valence-electron chi connectivity index (χ1n) is 3.63. The van der Waals surface area contributed by atoms with Crippen molar-refractivity contribution in [1.82, 2.24) is 5.16 Å². The topological polar surface area (TPSA) is 38.4 Å². The molecule has 0 atom stereocenters. The summed E-state index contributed by atoms with van der Waals surface area (Å²) in [7, 11) is 0. The van der Waals surface area contributed by atoms with E-state index >= 15 is 0 Å². The lowest BCUT2D eigenvalue weighted by Gasteiger charge is -1.94. The third kappa shape index (κ3) is 2.04. The Labute approximate surface area is 79.0 Å². The van der Waals surface area contributed by atoms with E-state index < -0.39 is 0 Å². The van der Waals surface area contributed by atoms with Crippen molar-refractivity contribution in [3.05, 3.63) is 18.0 Å². The van der Waals surface area contributed by atoms with Gasteiger partial charge in [0.15, 0.2) is 0 Å². The Morgan fingerprint density at radius 2 is 2.67 bits per heavy atom. The predicted octanol–water partition coefficient (Wildman–Crippen LogP) is 2.01. The normalized spacial score (nSPS) is 16.5. The van der Waals surface area contributed by atoms with Crippen LogP contribution in [0.3, 0.4) is 0 Å². The number of thioether (sulfide) groups is 2. The van der Waals surface area contributed by atoms with Gasteiger partial charge in [0.2, 0.25) is 0 Å². The number of nitrogens with zero attached hydrogens (tertiary/aromatic N) is 2. The minimum absolute atomic E-state index is 0.912. The summed E-state index contributed by atoms with van der Waals surface area (Å²) in [6, 6.07) is 0. The predicted molar refractivity (Wildman–Crippen MR) is 52.6 cm³/mol. The fraction of sp³-hybridized carbons (Fsp3) is 0.429. The molecule has 5 heteroatoms. The lowest BCUT2D eigenvalue weighted by Crippen LogP contribution is -1.81. The van der Waals surface area contributed by atoms with Crippen LogP contribution in [0.1, 0.15) is 5.56 Å². The summed E-state index contributed by atoms with van der Waals surface area (Å²) in [6.45, 7) is 0.969. The Hall–Kier alpha value is -0.420. The molecule has 3 nitrogen and oxygen atoms in total. The fourth-order valence-corrected chi connectivity index (χ4v) is 2.76. The molecular formula is C7H8N2OS2. The molecule has 1 aromatic heterocycles. The van der Waals surface area contributed by atoms with Crippen molar-refractivity contribution in [1.29, 1.82) is 0 Å². The van der Waals surface area contributed by atoms with Crippen LogP contribution in [0.4, 0.5) is 0 Å². The summed E-state index contributed by atoms with van der Waals surface area (Å²) in [5.41, 5.74) is 1.12. The maximum atomic E-state index is 4.72. The van der Waals surface area contributed by atoms with Crippen molar-refractivity contribution in [2.75, 3.05) is 12.3 Å². The van der Waals surface area contributed by atoms with Gasteiger partial charge >= 0.3 is 0 Å². The Balaban J connectivity index is 1.82. The molecule has 0 fully saturated rings. The van der Waals surface area contributed by atoms with Crippen molar-refractivity contribution in [2.45, 2.75) is 5.75 Å². The van der Waals surface area contributed by atoms with Gasteiger partial charge in [-0.3, -0.25) is 4.99 Å². The van der Waals surface area contributed by atoms with E-state index in [4.69, 9.17) is 4.52 Å². The second-order valence-electron chi connectivity index (χ2n) is 2.32. The zero-order valence-electron chi connectivity index (χ0n) is 6.40. The van der Waals surface area contributed by atoms with E-state index in [1.807, 2.05) is 11.8 Å². The smallest absolute Gasteiger partial charge is 0.127 e. The molecule has 0 spiro atoms. The van der Waals surface area contributed by atoms with E-state index in [0.717, 1.165) is 23.6 Å². The average Bonchev–Trinajstić information content (AvgIpc) is 2.74. The van der Waals surface area contributed by atoms with Crippen molar-refractivity contribution in [2.24, 2.45) is 4.99 Å². The van der Waals surface area contributed by atoms with Gasteiger partial charge in [-0.15, -0.1) is 0 Å². The molecule has 12 heavy (non-hydrogen) atoms. The minimum Gasteiger partial charge on any atom is -0.364 e. The standard InChI is InChI=1S/C7H8N2OS2/c1-2-11-7(8-1)12-5-6-3-9-10-4-6/h3-4H,1-2,5H2. The SMILES string of the molecule is c1nocc1CSC1=NCCS1. The third-order valence-electron chi connectivity index (χ3n) is 1.40. The van der Waals surface area contributed by atoms with Gasteiger partial charge in [0.05, 0.1) is 12.7 Å². The van der Waals surface area contributed by atoms with Crippen LogP contribution < -0.4 is 0 Å². The molecule has 0 unspecified atom stereocenters. The highest BCUT2D eigenvalue weighted by Crippen LogP contribution is 2.24. The van der Waals surface area contributed by atoms with Crippen molar-refractivity contribution < 1.29 is 4.52 Å². The molecule has 2 heterocycles. The number of hydrogen-bond acceptors (Lipinski definition) is 5. The second-order valence-corrected chi connectivity index (χ2v) is 4.62. The maximum absolute atomic E-state index is 4.72. The number of hydrogen-bond donors (Lipinski definition) is 0. The third-order valence-corrected chi connectivity index (χ3v) is 3.73. The molecule has 0 amide bonds. The first-order valence-corrected chi connectivity index (χ1v) is 5.60. The van der Waals surface area contributed by atoms with Crippen molar-refractivity contribution >= 4 is 27.9 Å². The molecule has 0 aromatic carbocycles. The summed E-state index contributed by atoms with van der Waals surface area (Å²) >= 11 is 3.58. The highest BCUT2D eigenvalue weighted by molar-refractivity contribution is 8.38. The average molecular weight is 200 g/mol. The number of aromatic nitrogens is 1. The van der Waals surface area contributed by atoms with Gasteiger partial charge in [-0.2, -0.15) is 0 Å². The lowest BCUT2D eigenvalue weighted by molar-refractivity contribution is 0.419. The molecule has 0 bridgehead atoms. The van der Waals surface area contributed by atoms with Gasteiger partial charge < -0.3 is 4.52 Å². The molecule has 1 aliphatic heterocycles. The van der Waals surface area contributed by atoms with Crippen LogP contribution in [0, 0.1) is 0 Å². The van der Waals surface area contributed by atoms with E-state index in [9.17, 15) is 0 Å². The molecule has 2 rings (SSSR count). The molecule has 0 saturated carbocycles. The van der Waals surface area contributed by atoms with Crippen LogP contribution in [0.5, 0.6) is 0 Å². The lowest BCUT2D eigenvalue weighted by atomic mass is 10.4.